The van der Waals surface area contributed by atoms with Crippen LogP contribution in [0.1, 0.15) is 17.4 Å². The van der Waals surface area contributed by atoms with E-state index in [1.54, 1.807) is 0 Å². The largest absolute Gasteiger partial charge is 0.416 e. The molecule has 1 unspecified atom stereocenters. The highest BCUT2D eigenvalue weighted by Gasteiger charge is 2.30. The molecule has 0 bridgehead atoms. The molecule has 1 atom stereocenters. The first-order chi connectivity index (χ1) is 13.6. The molecule has 0 radical (unpaired) electrons. The molecule has 0 aliphatic heterocycles. The first-order valence-electron chi connectivity index (χ1n) is 8.54. The van der Waals surface area contributed by atoms with E-state index >= 15 is 0 Å². The van der Waals surface area contributed by atoms with Crippen molar-refractivity contribution in [3.8, 4) is 0 Å². The zero-order valence-electron chi connectivity index (χ0n) is 15.2. The topological polar surface area (TPSA) is 78.4 Å². The number of aliphatic hydroxyl groups is 1. The summed E-state index contributed by atoms with van der Waals surface area (Å²) in [6, 6.07) is 13.1. The van der Waals surface area contributed by atoms with E-state index in [-0.39, 0.29) is 12.2 Å². The Morgan fingerprint density at radius 1 is 1.03 bits per heavy atom. The summed E-state index contributed by atoms with van der Waals surface area (Å²) in [4.78, 5) is 24.6. The van der Waals surface area contributed by atoms with Crippen molar-refractivity contribution in [2.24, 2.45) is 0 Å². The molecule has 0 aliphatic carbocycles. The number of hydrogen-bond acceptors (Lipinski definition) is 4. The molecule has 29 heavy (non-hydrogen) atoms. The highest BCUT2D eigenvalue weighted by atomic mass is 32.1. The van der Waals surface area contributed by atoms with Crippen LogP contribution in [0, 0.1) is 0 Å². The summed E-state index contributed by atoms with van der Waals surface area (Å²) >= 11 is 1.38. The molecule has 3 rings (SSSR count). The Kier molecular flexibility index (Phi) is 5.63. The molecule has 9 heteroatoms. The lowest BCUT2D eigenvalue weighted by Crippen LogP contribution is -2.42. The summed E-state index contributed by atoms with van der Waals surface area (Å²) in [5, 5.41) is 16.2. The molecular weight excluding hydrogens is 405 g/mol. The number of hydrogen-bond donors (Lipinski definition) is 3. The van der Waals surface area contributed by atoms with Gasteiger partial charge in [0.15, 0.2) is 0 Å². The fourth-order valence-corrected chi connectivity index (χ4v) is 3.70. The van der Waals surface area contributed by atoms with Crippen molar-refractivity contribution in [3.05, 3.63) is 65.0 Å². The summed E-state index contributed by atoms with van der Waals surface area (Å²) in [6.07, 6.45) is -4.49. The van der Waals surface area contributed by atoms with Crippen molar-refractivity contribution in [2.45, 2.75) is 18.7 Å². The van der Waals surface area contributed by atoms with Gasteiger partial charge in [-0.05, 0) is 48.7 Å². The fourth-order valence-electron chi connectivity index (χ4n) is 2.60. The van der Waals surface area contributed by atoms with Crippen molar-refractivity contribution in [3.63, 3.8) is 0 Å². The van der Waals surface area contributed by atoms with Crippen LogP contribution in [0.3, 0.4) is 0 Å². The lowest BCUT2D eigenvalue weighted by atomic mass is 10.0. The lowest BCUT2D eigenvalue weighted by Gasteiger charge is -2.22. The first kappa shape index (κ1) is 20.8. The zero-order valence-corrected chi connectivity index (χ0v) is 16.0. The number of thiophene rings is 1. The number of benzene rings is 2. The molecule has 0 saturated heterocycles. The maximum absolute atomic E-state index is 12.6. The Labute approximate surface area is 168 Å². The Balaban J connectivity index is 1.59. The maximum Gasteiger partial charge on any atom is 0.416 e. The predicted octanol–water partition coefficient (Wildman–Crippen LogP) is 3.88. The smallest absolute Gasteiger partial charge is 0.383 e. The molecule has 0 saturated carbocycles. The van der Waals surface area contributed by atoms with Crippen LogP contribution >= 0.6 is 11.3 Å². The third kappa shape index (κ3) is 4.93. The van der Waals surface area contributed by atoms with E-state index in [1.807, 2.05) is 30.3 Å². The molecule has 1 aromatic heterocycles. The third-order valence-corrected chi connectivity index (χ3v) is 5.60. The second kappa shape index (κ2) is 7.84. The number of carbonyl (C=O) groups excluding carboxylic acids is 2. The van der Waals surface area contributed by atoms with Gasteiger partial charge >= 0.3 is 18.0 Å². The second-order valence-corrected chi connectivity index (χ2v) is 7.72. The quantitative estimate of drug-likeness (QED) is 0.559. The van der Waals surface area contributed by atoms with E-state index in [4.69, 9.17) is 0 Å². The van der Waals surface area contributed by atoms with Crippen molar-refractivity contribution < 1.29 is 27.9 Å². The van der Waals surface area contributed by atoms with E-state index in [0.717, 1.165) is 34.4 Å². The molecule has 0 fully saturated rings. The van der Waals surface area contributed by atoms with Gasteiger partial charge in [-0.25, -0.2) is 0 Å². The van der Waals surface area contributed by atoms with E-state index in [9.17, 15) is 27.9 Å². The summed E-state index contributed by atoms with van der Waals surface area (Å²) in [6.45, 7) is 1.31. The van der Waals surface area contributed by atoms with Crippen molar-refractivity contribution >= 4 is 38.9 Å². The first-order valence-corrected chi connectivity index (χ1v) is 9.36. The molecule has 2 amide bonds. The number of nitrogens with one attached hydrogen (secondary N) is 2. The van der Waals surface area contributed by atoms with E-state index in [0.29, 0.717) is 4.88 Å². The maximum atomic E-state index is 12.6. The molecule has 3 aromatic rings. The minimum absolute atomic E-state index is 0.0504. The lowest BCUT2D eigenvalue weighted by molar-refractivity contribution is -0.137. The molecular formula is C20H17F3N2O3S. The van der Waals surface area contributed by atoms with Crippen LogP contribution in [0.4, 0.5) is 18.9 Å². The van der Waals surface area contributed by atoms with Gasteiger partial charge in [0.25, 0.3) is 0 Å². The van der Waals surface area contributed by atoms with Gasteiger partial charge in [0, 0.05) is 15.3 Å². The molecule has 5 nitrogen and oxygen atoms in total. The van der Waals surface area contributed by atoms with Crippen molar-refractivity contribution in [2.75, 3.05) is 11.9 Å². The van der Waals surface area contributed by atoms with Crippen LogP contribution in [0.15, 0.2) is 54.6 Å². The normalized spacial score (nSPS) is 13.7. The summed E-state index contributed by atoms with van der Waals surface area (Å²) in [7, 11) is 0. The number of anilines is 1. The standard InChI is InChI=1S/C20H17F3N2O3S/c1-19(28,16-10-12-4-2-3-5-15(12)29-16)11-24-17(26)18(27)25-14-8-6-13(7-9-14)20(21,22)23/h2-10,28H,11H2,1H3,(H,24,26)(H,25,27). The van der Waals surface area contributed by atoms with Crippen LogP contribution in [-0.4, -0.2) is 23.5 Å². The van der Waals surface area contributed by atoms with Crippen LogP contribution in [-0.2, 0) is 21.4 Å². The van der Waals surface area contributed by atoms with Crippen LogP contribution in [0.5, 0.6) is 0 Å². The molecule has 152 valence electrons. The zero-order chi connectivity index (χ0) is 21.2. The van der Waals surface area contributed by atoms with Gasteiger partial charge < -0.3 is 15.7 Å². The van der Waals surface area contributed by atoms with Gasteiger partial charge in [0.1, 0.15) is 5.60 Å². The minimum atomic E-state index is -4.49. The van der Waals surface area contributed by atoms with E-state index in [2.05, 4.69) is 10.6 Å². The average Bonchev–Trinajstić information content (AvgIpc) is 3.11. The third-order valence-electron chi connectivity index (χ3n) is 4.23. The summed E-state index contributed by atoms with van der Waals surface area (Å²) in [5.74, 6) is -2.05. The number of rotatable bonds is 4. The van der Waals surface area contributed by atoms with Gasteiger partial charge in [-0.2, -0.15) is 13.2 Å². The van der Waals surface area contributed by atoms with E-state index < -0.39 is 29.2 Å². The molecule has 0 aliphatic rings. The van der Waals surface area contributed by atoms with Crippen molar-refractivity contribution in [1.82, 2.24) is 5.32 Å². The molecule has 0 spiro atoms. The highest BCUT2D eigenvalue weighted by molar-refractivity contribution is 7.19. The van der Waals surface area contributed by atoms with Crippen molar-refractivity contribution in [1.29, 1.82) is 0 Å². The second-order valence-electron chi connectivity index (χ2n) is 6.63. The Hall–Kier alpha value is -2.91. The van der Waals surface area contributed by atoms with Crippen LogP contribution in [0.2, 0.25) is 0 Å². The summed E-state index contributed by atoms with van der Waals surface area (Å²) < 4.78 is 38.6. The fraction of sp³-hybridized carbons (Fsp3) is 0.200. The van der Waals surface area contributed by atoms with Gasteiger partial charge in [-0.3, -0.25) is 9.59 Å². The average molecular weight is 422 g/mol. The highest BCUT2D eigenvalue weighted by Crippen LogP contribution is 2.33. The summed E-state index contributed by atoms with van der Waals surface area (Å²) in [5.41, 5.74) is -2.21. The van der Waals surface area contributed by atoms with Gasteiger partial charge in [0.05, 0.1) is 12.1 Å². The number of amides is 2. The van der Waals surface area contributed by atoms with Crippen LogP contribution < -0.4 is 10.6 Å². The predicted molar refractivity (Wildman–Crippen MR) is 104 cm³/mol. The monoisotopic (exact) mass is 422 g/mol. The number of fused-ring (bicyclic) bond motifs is 1. The Morgan fingerprint density at radius 2 is 1.69 bits per heavy atom. The molecule has 3 N–H and O–H groups in total. The molecule has 1 heterocycles. The Bertz CT molecular complexity index is 1010. The van der Waals surface area contributed by atoms with Gasteiger partial charge in [0.2, 0.25) is 0 Å². The molecule has 2 aromatic carbocycles. The van der Waals surface area contributed by atoms with Gasteiger partial charge in [-0.1, -0.05) is 18.2 Å². The minimum Gasteiger partial charge on any atom is -0.383 e. The van der Waals surface area contributed by atoms with E-state index in [1.165, 1.54) is 18.3 Å². The number of halogens is 3. The number of alkyl halides is 3. The van der Waals surface area contributed by atoms with Gasteiger partial charge in [-0.15, -0.1) is 11.3 Å². The SMILES string of the molecule is CC(O)(CNC(=O)C(=O)Nc1ccc(C(F)(F)F)cc1)c1cc2ccccc2s1. The number of carbonyl (C=O) groups is 2. The Morgan fingerprint density at radius 3 is 2.31 bits per heavy atom. The van der Waals surface area contributed by atoms with Crippen LogP contribution in [0.25, 0.3) is 10.1 Å².